The smallest absolute Gasteiger partial charge is 0.309 e. The lowest BCUT2D eigenvalue weighted by Gasteiger charge is -2.67. The summed E-state index contributed by atoms with van der Waals surface area (Å²) < 4.78 is 23.3. The van der Waals surface area contributed by atoms with Crippen molar-refractivity contribution in [3.05, 3.63) is 84.3 Å². The summed E-state index contributed by atoms with van der Waals surface area (Å²) >= 11 is 0. The molecule has 0 spiro atoms. The van der Waals surface area contributed by atoms with Crippen LogP contribution in [-0.4, -0.2) is 49.3 Å². The number of nitrogens with zero attached hydrogens (tertiary/aromatic N) is 2. The van der Waals surface area contributed by atoms with Crippen LogP contribution in [0.2, 0.25) is 0 Å². The number of hydrogen-bond acceptors (Lipinski definition) is 9. The Bertz CT molecular complexity index is 2140. The number of benzene rings is 1. The first kappa shape index (κ1) is 50.6. The van der Waals surface area contributed by atoms with Crippen LogP contribution in [0.25, 0.3) is 11.5 Å². The molecule has 1 aromatic carbocycles. The molecule has 2 aromatic rings. The molecule has 4 saturated carbocycles. The van der Waals surface area contributed by atoms with E-state index in [1.54, 1.807) is 13.8 Å². The summed E-state index contributed by atoms with van der Waals surface area (Å²) in [6, 6.07) is 7.89. The molecule has 0 saturated heterocycles. The molecule has 354 valence electrons. The van der Waals surface area contributed by atoms with Crippen molar-refractivity contribution in [1.82, 2.24) is 10.2 Å². The second kappa shape index (κ2) is 18.8. The molecule has 10 unspecified atom stereocenters. The van der Waals surface area contributed by atoms with Gasteiger partial charge < -0.3 is 24.5 Å². The molecule has 64 heavy (non-hydrogen) atoms. The van der Waals surface area contributed by atoms with Gasteiger partial charge in [0.25, 0.3) is 0 Å². The van der Waals surface area contributed by atoms with Crippen LogP contribution in [-0.2, 0) is 19.1 Å². The normalized spacial score (nSPS) is 31.4. The molecule has 4 fully saturated rings. The average Bonchev–Trinajstić information content (AvgIpc) is 3.82. The number of carboxylic acid groups (broad SMARTS) is 1. The quantitative estimate of drug-likeness (QED) is 0.126. The molecule has 0 amide bonds. The second-order valence-electron chi connectivity index (χ2n) is 22.1. The van der Waals surface area contributed by atoms with E-state index < -0.39 is 34.7 Å². The van der Waals surface area contributed by atoms with Gasteiger partial charge in [-0.1, -0.05) is 98.4 Å². The maximum absolute atomic E-state index is 14.0. The van der Waals surface area contributed by atoms with Gasteiger partial charge in [-0.2, -0.15) is 0 Å². The van der Waals surface area contributed by atoms with Crippen molar-refractivity contribution in [2.75, 3.05) is 0 Å². The fraction of sp³-hybridized carbons (Fsp3) is 0.642. The highest BCUT2D eigenvalue weighted by molar-refractivity contribution is 6.00. The van der Waals surface area contributed by atoms with Gasteiger partial charge in [0.1, 0.15) is 18.0 Å². The van der Waals surface area contributed by atoms with E-state index in [0.717, 1.165) is 67.7 Å². The molecule has 0 aliphatic heterocycles. The third-order valence-electron chi connectivity index (χ3n) is 16.2. The molecule has 5 aliphatic rings. The monoisotopic (exact) mass is 889 g/mol. The molecule has 1 heterocycles. The summed E-state index contributed by atoms with van der Waals surface area (Å²) in [5.74, 6) is 0.814. The van der Waals surface area contributed by atoms with Crippen LogP contribution in [0.15, 0.2) is 77.2 Å². The molecular formula is C53H77FN2O8. The molecule has 3 N–H and O–H groups in total. The van der Waals surface area contributed by atoms with Crippen LogP contribution < -0.4 is 0 Å². The van der Waals surface area contributed by atoms with Crippen molar-refractivity contribution in [3.63, 3.8) is 0 Å². The van der Waals surface area contributed by atoms with Crippen LogP contribution in [0.1, 0.15) is 152 Å². The Hall–Kier alpha value is -4.38. The van der Waals surface area contributed by atoms with Crippen molar-refractivity contribution < 1.29 is 44.7 Å². The lowest BCUT2D eigenvalue weighted by molar-refractivity contribution is -0.193. The molecule has 0 bridgehead atoms. The minimum absolute atomic E-state index is 0. The molecule has 5 aliphatic carbocycles. The van der Waals surface area contributed by atoms with Crippen LogP contribution in [0, 0.1) is 69.5 Å². The fourth-order valence-electron chi connectivity index (χ4n) is 12.5. The number of fused-ring (bicyclic) bond motifs is 7. The number of esters is 1. The summed E-state index contributed by atoms with van der Waals surface area (Å²) in [5, 5.41) is 39.2. The average molecular weight is 889 g/mol. The topological polar surface area (TPSA) is 160 Å². The molecule has 7 rings (SSSR count). The number of carbonyl (C=O) groups excluding carboxylic acids is 2. The zero-order valence-electron chi connectivity index (χ0n) is 40.4. The number of carbonyl (C=O) groups is 3. The van der Waals surface area contributed by atoms with E-state index >= 15 is 0 Å². The zero-order valence-corrected chi connectivity index (χ0v) is 40.4. The van der Waals surface area contributed by atoms with Crippen molar-refractivity contribution in [3.8, 4) is 11.5 Å². The summed E-state index contributed by atoms with van der Waals surface area (Å²) in [7, 11) is 0. The summed E-state index contributed by atoms with van der Waals surface area (Å²) in [6.07, 6.45) is 7.51. The van der Waals surface area contributed by atoms with Gasteiger partial charge >= 0.3 is 11.9 Å². The summed E-state index contributed by atoms with van der Waals surface area (Å²) in [6.45, 7) is 31.7. The van der Waals surface area contributed by atoms with E-state index in [1.807, 2.05) is 52.0 Å². The molecule has 11 heteroatoms. The Labute approximate surface area is 382 Å². The van der Waals surface area contributed by atoms with Crippen molar-refractivity contribution in [2.24, 2.45) is 62.6 Å². The predicted octanol–water partition coefficient (Wildman–Crippen LogP) is 12.7. The largest absolute Gasteiger partial charge is 0.512 e. The Morgan fingerprint density at radius 3 is 2.08 bits per heavy atom. The number of aromatic nitrogens is 2. The van der Waals surface area contributed by atoms with Gasteiger partial charge in [-0.05, 0) is 142 Å². The summed E-state index contributed by atoms with van der Waals surface area (Å²) in [5.41, 5.74) is 2.14. The maximum atomic E-state index is 14.0. The number of aliphatic carboxylic acids is 1. The van der Waals surface area contributed by atoms with Gasteiger partial charge in [0.15, 0.2) is 5.78 Å². The standard InChI is InChI=1S/C43H58N2O7.C6H12O.C4H5F.H2/c1-23(2)34-30(46)21-43(36(48)38-45-44-37(52-38)26-11-9-24(3)10-12-26)20-16-29-27(35(34)43)13-14-32-41(7)19-17-31(25(4)28(41)15-18-42(29,32)8)51-33(47)22-40(5,6)39(49)50;1-5(7)6(2,3)4;1-3-4(2)5;/h9-12,23,25,27-29,31-32,36,48H,13-22H2,1-8H3,(H,49,50);7H,1H2,2-4H3;3H,1-2H2;1H. The van der Waals surface area contributed by atoms with Gasteiger partial charge in [-0.25, -0.2) is 4.39 Å². The first-order valence-electron chi connectivity index (χ1n) is 23.3. The summed E-state index contributed by atoms with van der Waals surface area (Å²) in [4.78, 5) is 38.6. The van der Waals surface area contributed by atoms with E-state index in [-0.39, 0.29) is 71.8 Å². The lowest BCUT2D eigenvalue weighted by Crippen LogP contribution is -2.60. The Balaban J connectivity index is 0.000000630. The molecule has 1 aromatic heterocycles. The zero-order chi connectivity index (χ0) is 47.9. The van der Waals surface area contributed by atoms with E-state index in [9.17, 15) is 29.0 Å². The van der Waals surface area contributed by atoms with Crippen LogP contribution in [0.5, 0.6) is 0 Å². The molecule has 10 nitrogen and oxygen atoms in total. The Morgan fingerprint density at radius 2 is 1.53 bits per heavy atom. The molecule has 10 atom stereocenters. The van der Waals surface area contributed by atoms with Crippen molar-refractivity contribution in [2.45, 2.75) is 153 Å². The number of ketones is 1. The number of Topliss-reactive ketones (excluding diaryl/α,β-unsaturated/α-hetero) is 1. The van der Waals surface area contributed by atoms with E-state index in [2.05, 4.69) is 64.6 Å². The highest BCUT2D eigenvalue weighted by atomic mass is 19.1. The van der Waals surface area contributed by atoms with Gasteiger partial charge in [0.2, 0.25) is 11.8 Å². The number of hydrogen-bond donors (Lipinski definition) is 3. The first-order chi connectivity index (χ1) is 29.6. The minimum atomic E-state index is -1.16. The third kappa shape index (κ3) is 9.75. The Kier molecular flexibility index (Phi) is 14.9. The number of aryl methyl sites for hydroxylation is 1. The van der Waals surface area contributed by atoms with Crippen LogP contribution >= 0.6 is 0 Å². The third-order valence-corrected chi connectivity index (χ3v) is 16.2. The van der Waals surface area contributed by atoms with Gasteiger partial charge in [0.05, 0.1) is 17.6 Å². The van der Waals surface area contributed by atoms with Crippen LogP contribution in [0.4, 0.5) is 4.39 Å². The van der Waals surface area contributed by atoms with Crippen LogP contribution in [0.3, 0.4) is 0 Å². The van der Waals surface area contributed by atoms with E-state index in [4.69, 9.17) is 14.3 Å². The van der Waals surface area contributed by atoms with E-state index in [0.29, 0.717) is 30.1 Å². The maximum Gasteiger partial charge on any atom is 0.309 e. The van der Waals surface area contributed by atoms with Gasteiger partial charge in [0, 0.05) is 24.2 Å². The highest BCUT2D eigenvalue weighted by Gasteiger charge is 2.66. The number of aliphatic hydroxyl groups excluding tert-OH is 2. The minimum Gasteiger partial charge on any atom is -0.512 e. The number of carboxylic acids is 1. The van der Waals surface area contributed by atoms with Gasteiger partial charge in [-0.3, -0.25) is 14.4 Å². The predicted molar refractivity (Wildman–Crippen MR) is 249 cm³/mol. The Morgan fingerprint density at radius 1 is 0.969 bits per heavy atom. The first-order valence-corrected chi connectivity index (χ1v) is 23.3. The molecular weight excluding hydrogens is 812 g/mol. The number of aliphatic hydroxyl groups is 2. The number of halogens is 1. The SMILES string of the molecule is C=C(O)C(C)(C)C.C=CC(=C)F.Cc1ccc(-c2nnc(C(O)C34CCC5C(CCC6C5(C)CCC5C(C)C(OC(=O)CC(C)(C)C(=O)O)CCC56C)C3=C(C(C)C)C(=O)C4)o2)cc1.[HH]. The number of ether oxygens (including phenoxy) is 1. The lowest BCUT2D eigenvalue weighted by atomic mass is 9.38. The van der Waals surface area contributed by atoms with Gasteiger partial charge in [-0.15, -0.1) is 10.2 Å². The van der Waals surface area contributed by atoms with E-state index in [1.165, 1.54) is 5.57 Å². The number of allylic oxidation sites excluding steroid dienone is 4. The second-order valence-corrected chi connectivity index (χ2v) is 22.1. The fourth-order valence-corrected chi connectivity index (χ4v) is 12.5. The highest BCUT2D eigenvalue weighted by Crippen LogP contribution is 2.73. The van der Waals surface area contributed by atoms with Crippen molar-refractivity contribution in [1.29, 1.82) is 0 Å². The molecule has 0 radical (unpaired) electrons. The number of rotatable bonds is 9. The van der Waals surface area contributed by atoms with Crippen molar-refractivity contribution >= 4 is 17.7 Å².